The van der Waals surface area contributed by atoms with Crippen molar-refractivity contribution in [3.05, 3.63) is 58.6 Å². The van der Waals surface area contributed by atoms with Crippen molar-refractivity contribution >= 4 is 39.1 Å². The smallest absolute Gasteiger partial charge is 0.229 e. The van der Waals surface area contributed by atoms with Crippen LogP contribution < -0.4 is 10.2 Å². The number of nitrogens with one attached hydrogen (secondary N) is 1. The molecule has 0 saturated carbocycles. The molecule has 148 valence electrons. The monoisotopic (exact) mass is 458 g/mol. The van der Waals surface area contributed by atoms with Gasteiger partial charge in [-0.3, -0.25) is 9.59 Å². The molecule has 2 amide bonds. The lowest BCUT2D eigenvalue weighted by molar-refractivity contribution is -0.122. The molecule has 1 saturated heterocycles. The number of carbonyl (C=O) groups is 2. The van der Waals surface area contributed by atoms with Gasteiger partial charge in [-0.15, -0.1) is 5.10 Å². The van der Waals surface area contributed by atoms with Crippen LogP contribution in [-0.2, 0) is 9.59 Å². The molecule has 0 bridgehead atoms. The lowest BCUT2D eigenvalue weighted by Crippen LogP contribution is -2.28. The second-order valence-corrected chi connectivity index (χ2v) is 7.59. The van der Waals surface area contributed by atoms with Crippen molar-refractivity contribution in [3.63, 3.8) is 0 Å². The summed E-state index contributed by atoms with van der Waals surface area (Å²) in [6, 6.07) is 11.5. The topological polar surface area (TPSA) is 93.0 Å². The summed E-state index contributed by atoms with van der Waals surface area (Å²) < 4.78 is 16.5. The molecule has 1 unspecified atom stereocenters. The van der Waals surface area contributed by atoms with E-state index in [-0.39, 0.29) is 24.6 Å². The molecule has 1 aliphatic rings. The van der Waals surface area contributed by atoms with Gasteiger partial charge in [-0.1, -0.05) is 22.0 Å². The van der Waals surface area contributed by atoms with Gasteiger partial charge in [-0.2, -0.15) is 4.68 Å². The Kier molecular flexibility index (Phi) is 5.10. The van der Waals surface area contributed by atoms with Gasteiger partial charge >= 0.3 is 0 Å². The molecule has 0 radical (unpaired) electrons. The molecule has 1 N–H and O–H groups in total. The van der Waals surface area contributed by atoms with Gasteiger partial charge in [0.2, 0.25) is 11.8 Å². The summed E-state index contributed by atoms with van der Waals surface area (Å²) in [7, 11) is 0. The number of tetrazole rings is 1. The van der Waals surface area contributed by atoms with E-state index in [0.29, 0.717) is 17.2 Å². The first-order chi connectivity index (χ1) is 13.9. The predicted molar refractivity (Wildman–Crippen MR) is 107 cm³/mol. The maximum absolute atomic E-state index is 14.3. The molecule has 1 aromatic heterocycles. The maximum atomic E-state index is 14.3. The van der Waals surface area contributed by atoms with E-state index in [1.54, 1.807) is 17.9 Å². The first-order valence-corrected chi connectivity index (χ1v) is 9.63. The minimum Gasteiger partial charge on any atom is -0.323 e. The molecule has 1 fully saturated rings. The van der Waals surface area contributed by atoms with Gasteiger partial charge in [0.15, 0.2) is 5.82 Å². The van der Waals surface area contributed by atoms with Crippen LogP contribution in [0.2, 0.25) is 0 Å². The molecule has 29 heavy (non-hydrogen) atoms. The SMILES string of the molecule is Cc1nnnn1-c1ccc(F)c(NC(=O)C2CC(=O)N(c3cccc(Br)c3)C2)c1. The Morgan fingerprint density at radius 2 is 2.07 bits per heavy atom. The summed E-state index contributed by atoms with van der Waals surface area (Å²) in [5.74, 6) is -1.21. The van der Waals surface area contributed by atoms with Crippen LogP contribution in [-0.4, -0.2) is 38.6 Å². The van der Waals surface area contributed by atoms with Crippen molar-refractivity contribution in [1.82, 2.24) is 20.2 Å². The first-order valence-electron chi connectivity index (χ1n) is 8.84. The Bertz CT molecular complexity index is 1100. The molecule has 1 aliphatic heterocycles. The molecule has 1 atom stereocenters. The van der Waals surface area contributed by atoms with E-state index in [1.807, 2.05) is 18.2 Å². The Morgan fingerprint density at radius 3 is 2.79 bits per heavy atom. The number of nitrogens with zero attached hydrogens (tertiary/aromatic N) is 5. The average molecular weight is 459 g/mol. The van der Waals surface area contributed by atoms with Crippen LogP contribution in [0.4, 0.5) is 15.8 Å². The fourth-order valence-corrected chi connectivity index (χ4v) is 3.61. The Morgan fingerprint density at radius 1 is 1.24 bits per heavy atom. The zero-order valence-corrected chi connectivity index (χ0v) is 16.9. The van der Waals surface area contributed by atoms with Crippen LogP contribution in [0.1, 0.15) is 12.2 Å². The number of hydrogen-bond acceptors (Lipinski definition) is 5. The van der Waals surface area contributed by atoms with E-state index in [2.05, 4.69) is 36.8 Å². The van der Waals surface area contributed by atoms with Crippen molar-refractivity contribution in [2.45, 2.75) is 13.3 Å². The van der Waals surface area contributed by atoms with Crippen molar-refractivity contribution < 1.29 is 14.0 Å². The van der Waals surface area contributed by atoms with E-state index in [9.17, 15) is 14.0 Å². The highest BCUT2D eigenvalue weighted by Crippen LogP contribution is 2.28. The Balaban J connectivity index is 1.51. The molecule has 10 heteroatoms. The zero-order chi connectivity index (χ0) is 20.5. The van der Waals surface area contributed by atoms with Gasteiger partial charge in [0, 0.05) is 23.1 Å². The summed E-state index contributed by atoms with van der Waals surface area (Å²) in [5.41, 5.74) is 1.24. The number of carbonyl (C=O) groups excluding carboxylic acids is 2. The summed E-state index contributed by atoms with van der Waals surface area (Å²) in [4.78, 5) is 26.7. The number of hydrogen-bond donors (Lipinski definition) is 1. The maximum Gasteiger partial charge on any atom is 0.229 e. The number of rotatable bonds is 4. The minimum absolute atomic E-state index is 0.00996. The van der Waals surface area contributed by atoms with Crippen molar-refractivity contribution in [3.8, 4) is 5.69 Å². The van der Waals surface area contributed by atoms with Crippen molar-refractivity contribution in [2.24, 2.45) is 5.92 Å². The molecule has 3 aromatic rings. The highest BCUT2D eigenvalue weighted by atomic mass is 79.9. The third-order valence-corrected chi connectivity index (χ3v) is 5.19. The van der Waals surface area contributed by atoms with Crippen LogP contribution in [0, 0.1) is 18.7 Å². The third kappa shape index (κ3) is 3.88. The van der Waals surface area contributed by atoms with Crippen LogP contribution in [0.3, 0.4) is 0 Å². The normalized spacial score (nSPS) is 16.3. The number of benzene rings is 2. The second-order valence-electron chi connectivity index (χ2n) is 6.68. The van der Waals surface area contributed by atoms with Gasteiger partial charge in [-0.25, -0.2) is 4.39 Å². The predicted octanol–water partition coefficient (Wildman–Crippen LogP) is 2.86. The minimum atomic E-state index is -0.584. The average Bonchev–Trinajstić information content (AvgIpc) is 3.29. The van der Waals surface area contributed by atoms with Crippen molar-refractivity contribution in [1.29, 1.82) is 0 Å². The quantitative estimate of drug-likeness (QED) is 0.648. The Hall–Kier alpha value is -3.14. The van der Waals surface area contributed by atoms with Gasteiger partial charge in [0.25, 0.3) is 0 Å². The summed E-state index contributed by atoms with van der Waals surface area (Å²) in [6.45, 7) is 1.94. The highest BCUT2D eigenvalue weighted by molar-refractivity contribution is 9.10. The van der Waals surface area contributed by atoms with Crippen LogP contribution in [0.15, 0.2) is 46.9 Å². The number of aromatic nitrogens is 4. The zero-order valence-electron chi connectivity index (χ0n) is 15.3. The van der Waals surface area contributed by atoms with Crippen LogP contribution in [0.25, 0.3) is 5.69 Å². The van der Waals surface area contributed by atoms with Gasteiger partial charge in [-0.05, 0) is 53.7 Å². The lowest BCUT2D eigenvalue weighted by atomic mass is 10.1. The van der Waals surface area contributed by atoms with E-state index in [1.165, 1.54) is 22.9 Å². The van der Waals surface area contributed by atoms with Crippen LogP contribution >= 0.6 is 15.9 Å². The van der Waals surface area contributed by atoms with Gasteiger partial charge in [0.05, 0.1) is 17.3 Å². The molecule has 4 rings (SSSR count). The van der Waals surface area contributed by atoms with E-state index < -0.39 is 17.6 Å². The van der Waals surface area contributed by atoms with E-state index in [4.69, 9.17) is 0 Å². The number of anilines is 2. The number of halogens is 2. The standard InChI is InChI=1S/C19H16BrFN6O2/c1-11-23-24-25-27(11)15-5-6-16(21)17(9-15)22-19(29)12-7-18(28)26(10-12)14-4-2-3-13(20)8-14/h2-6,8-9,12H,7,10H2,1H3,(H,22,29). The molecule has 0 spiro atoms. The second kappa shape index (κ2) is 7.70. The van der Waals surface area contributed by atoms with Gasteiger partial charge in [0.1, 0.15) is 5.82 Å². The molecular formula is C19H16BrFN6O2. The Labute approximate surface area is 173 Å². The summed E-state index contributed by atoms with van der Waals surface area (Å²) in [5, 5.41) is 13.8. The number of aryl methyl sites for hydroxylation is 1. The molecule has 2 heterocycles. The number of amides is 2. The highest BCUT2D eigenvalue weighted by Gasteiger charge is 2.35. The third-order valence-electron chi connectivity index (χ3n) is 4.69. The van der Waals surface area contributed by atoms with Crippen molar-refractivity contribution in [2.75, 3.05) is 16.8 Å². The molecule has 0 aliphatic carbocycles. The van der Waals surface area contributed by atoms with Crippen LogP contribution in [0.5, 0.6) is 0 Å². The molecular weight excluding hydrogens is 443 g/mol. The first kappa shape index (κ1) is 19.2. The fourth-order valence-electron chi connectivity index (χ4n) is 3.22. The van der Waals surface area contributed by atoms with E-state index in [0.717, 1.165) is 4.47 Å². The van der Waals surface area contributed by atoms with E-state index >= 15 is 0 Å². The largest absolute Gasteiger partial charge is 0.323 e. The molecule has 8 nitrogen and oxygen atoms in total. The summed E-state index contributed by atoms with van der Waals surface area (Å²) in [6.07, 6.45) is 0.0613. The summed E-state index contributed by atoms with van der Waals surface area (Å²) >= 11 is 3.38. The lowest BCUT2D eigenvalue weighted by Gasteiger charge is -2.17. The van der Waals surface area contributed by atoms with Gasteiger partial charge < -0.3 is 10.2 Å². The molecule has 2 aromatic carbocycles. The fraction of sp³-hybridized carbons (Fsp3) is 0.211.